The number of hydrogen-bond acceptors (Lipinski definition) is 4. The first kappa shape index (κ1) is 18.3. The molecule has 1 aliphatic heterocycles. The van der Waals surface area contributed by atoms with Gasteiger partial charge in [0.1, 0.15) is 5.75 Å². The number of ether oxygens (including phenoxy) is 1. The lowest BCUT2D eigenvalue weighted by Gasteiger charge is -2.36. The summed E-state index contributed by atoms with van der Waals surface area (Å²) in [5.41, 5.74) is 3.11. The minimum atomic E-state index is 0.0440. The van der Waals surface area contributed by atoms with Gasteiger partial charge < -0.3 is 15.0 Å². The second-order valence-corrected chi connectivity index (χ2v) is 6.53. The van der Waals surface area contributed by atoms with Gasteiger partial charge in [-0.25, -0.2) is 0 Å². The van der Waals surface area contributed by atoms with Crippen LogP contribution in [0.4, 0.5) is 11.4 Å². The van der Waals surface area contributed by atoms with Crippen molar-refractivity contribution in [1.29, 1.82) is 0 Å². The van der Waals surface area contributed by atoms with Crippen LogP contribution in [0.1, 0.15) is 12.5 Å². The first-order valence-corrected chi connectivity index (χ1v) is 9.22. The van der Waals surface area contributed by atoms with Gasteiger partial charge in [0.25, 0.3) is 0 Å². The predicted molar refractivity (Wildman–Crippen MR) is 106 cm³/mol. The molecule has 0 unspecified atom stereocenters. The topological polar surface area (TPSA) is 44.8 Å². The Morgan fingerprint density at radius 3 is 2.46 bits per heavy atom. The number of carbonyl (C=O) groups is 1. The summed E-state index contributed by atoms with van der Waals surface area (Å²) in [6, 6.07) is 16.0. The molecule has 5 nitrogen and oxygen atoms in total. The molecule has 3 rings (SSSR count). The van der Waals surface area contributed by atoms with Gasteiger partial charge in [0.15, 0.2) is 0 Å². The fourth-order valence-electron chi connectivity index (χ4n) is 3.25. The molecule has 1 heterocycles. The van der Waals surface area contributed by atoms with E-state index in [-0.39, 0.29) is 5.91 Å². The zero-order valence-corrected chi connectivity index (χ0v) is 15.6. The van der Waals surface area contributed by atoms with Crippen molar-refractivity contribution < 1.29 is 9.53 Å². The van der Waals surface area contributed by atoms with E-state index in [1.54, 1.807) is 0 Å². The van der Waals surface area contributed by atoms with Crippen molar-refractivity contribution in [1.82, 2.24) is 4.90 Å². The molecule has 1 saturated heterocycles. The summed E-state index contributed by atoms with van der Waals surface area (Å²) < 4.78 is 5.74. The first-order chi connectivity index (χ1) is 12.7. The third kappa shape index (κ3) is 4.55. The molecule has 1 N–H and O–H groups in total. The summed E-state index contributed by atoms with van der Waals surface area (Å²) in [4.78, 5) is 16.9. The van der Waals surface area contributed by atoms with Gasteiger partial charge in [-0.1, -0.05) is 30.3 Å². The second-order valence-electron chi connectivity index (χ2n) is 6.53. The van der Waals surface area contributed by atoms with E-state index in [1.165, 1.54) is 0 Å². The van der Waals surface area contributed by atoms with E-state index < -0.39 is 0 Å². The van der Waals surface area contributed by atoms with Gasteiger partial charge >= 0.3 is 0 Å². The Labute approximate surface area is 155 Å². The Balaban J connectivity index is 1.53. The van der Waals surface area contributed by atoms with Gasteiger partial charge in [-0.3, -0.25) is 9.69 Å². The lowest BCUT2D eigenvalue weighted by molar-refractivity contribution is -0.117. The fraction of sp³-hybridized carbons (Fsp3) is 0.381. The van der Waals surface area contributed by atoms with E-state index in [1.807, 2.05) is 56.3 Å². The third-order valence-corrected chi connectivity index (χ3v) is 4.66. The molecule has 1 aliphatic rings. The van der Waals surface area contributed by atoms with Crippen molar-refractivity contribution in [3.63, 3.8) is 0 Å². The van der Waals surface area contributed by atoms with E-state index in [0.717, 1.165) is 48.9 Å². The van der Waals surface area contributed by atoms with Gasteiger partial charge in [-0.2, -0.15) is 0 Å². The highest BCUT2D eigenvalue weighted by atomic mass is 16.5. The number of rotatable bonds is 6. The van der Waals surface area contributed by atoms with Gasteiger partial charge in [0, 0.05) is 31.9 Å². The molecule has 0 aromatic heterocycles. The molecule has 5 heteroatoms. The van der Waals surface area contributed by atoms with Gasteiger partial charge in [-0.15, -0.1) is 0 Å². The number of nitrogens with zero attached hydrogens (tertiary/aromatic N) is 2. The minimum Gasteiger partial charge on any atom is -0.492 e. The molecule has 26 heavy (non-hydrogen) atoms. The zero-order valence-electron chi connectivity index (χ0n) is 15.6. The summed E-state index contributed by atoms with van der Waals surface area (Å²) in [6.07, 6.45) is 0. The molecule has 0 saturated carbocycles. The number of nitrogens with one attached hydrogen (secondary N) is 1. The molecule has 1 amide bonds. The lowest BCUT2D eigenvalue weighted by atomic mass is 10.2. The van der Waals surface area contributed by atoms with Crippen molar-refractivity contribution >= 4 is 17.3 Å². The van der Waals surface area contributed by atoms with Crippen molar-refractivity contribution in [3.05, 3.63) is 54.1 Å². The lowest BCUT2D eigenvalue weighted by Crippen LogP contribution is -2.48. The van der Waals surface area contributed by atoms with Crippen molar-refractivity contribution in [3.8, 4) is 5.75 Å². The average molecular weight is 353 g/mol. The van der Waals surface area contributed by atoms with E-state index in [9.17, 15) is 4.79 Å². The molecule has 0 radical (unpaired) electrons. The van der Waals surface area contributed by atoms with E-state index >= 15 is 0 Å². The van der Waals surface area contributed by atoms with Crippen LogP contribution in [0.3, 0.4) is 0 Å². The summed E-state index contributed by atoms with van der Waals surface area (Å²) in [5.74, 6) is 0.975. The SMILES string of the molecule is CCOc1ccccc1N1CCN(CC(=O)Nc2ccccc2C)CC1. The maximum Gasteiger partial charge on any atom is 0.238 e. The Morgan fingerprint density at radius 2 is 1.73 bits per heavy atom. The number of para-hydroxylation sites is 3. The highest BCUT2D eigenvalue weighted by Crippen LogP contribution is 2.28. The number of anilines is 2. The van der Waals surface area contributed by atoms with E-state index in [0.29, 0.717) is 13.2 Å². The molecule has 0 spiro atoms. The van der Waals surface area contributed by atoms with Gasteiger partial charge in [-0.05, 0) is 37.6 Å². The molecule has 138 valence electrons. The molecular formula is C21H27N3O2. The maximum atomic E-state index is 12.3. The number of piperazine rings is 1. The van der Waals surface area contributed by atoms with Crippen molar-refractivity contribution in [2.24, 2.45) is 0 Å². The minimum absolute atomic E-state index is 0.0440. The summed E-state index contributed by atoms with van der Waals surface area (Å²) in [6.45, 7) is 8.60. The number of aryl methyl sites for hydroxylation is 1. The summed E-state index contributed by atoms with van der Waals surface area (Å²) in [7, 11) is 0. The Bertz CT molecular complexity index is 740. The molecule has 0 atom stereocenters. The Kier molecular flexibility index (Phi) is 6.12. The number of carbonyl (C=O) groups excluding carboxylic acids is 1. The van der Waals surface area contributed by atoms with Crippen LogP contribution in [0, 0.1) is 6.92 Å². The predicted octanol–water partition coefficient (Wildman–Crippen LogP) is 3.15. The smallest absolute Gasteiger partial charge is 0.238 e. The van der Waals surface area contributed by atoms with E-state index in [4.69, 9.17) is 4.74 Å². The normalized spacial score (nSPS) is 14.9. The largest absolute Gasteiger partial charge is 0.492 e. The number of benzene rings is 2. The number of amides is 1. The van der Waals surface area contributed by atoms with Gasteiger partial charge in [0.2, 0.25) is 5.91 Å². The van der Waals surface area contributed by atoms with Crippen LogP contribution >= 0.6 is 0 Å². The fourth-order valence-corrected chi connectivity index (χ4v) is 3.25. The molecule has 2 aromatic rings. The van der Waals surface area contributed by atoms with E-state index in [2.05, 4.69) is 21.2 Å². The van der Waals surface area contributed by atoms with Crippen LogP contribution in [0.15, 0.2) is 48.5 Å². The van der Waals surface area contributed by atoms with Gasteiger partial charge in [0.05, 0.1) is 18.8 Å². The van der Waals surface area contributed by atoms with Crippen molar-refractivity contribution in [2.45, 2.75) is 13.8 Å². The standard InChI is InChI=1S/C21H27N3O2/c1-3-26-20-11-7-6-10-19(20)24-14-12-23(13-15-24)16-21(25)22-18-9-5-4-8-17(18)2/h4-11H,3,12-16H2,1-2H3,(H,22,25). The van der Waals surface area contributed by atoms with Crippen LogP contribution < -0.4 is 15.0 Å². The number of hydrogen-bond donors (Lipinski definition) is 1. The molecular weight excluding hydrogens is 326 g/mol. The Morgan fingerprint density at radius 1 is 1.04 bits per heavy atom. The summed E-state index contributed by atoms with van der Waals surface area (Å²) >= 11 is 0. The second kappa shape index (κ2) is 8.72. The molecule has 0 bridgehead atoms. The molecule has 2 aromatic carbocycles. The first-order valence-electron chi connectivity index (χ1n) is 9.22. The van der Waals surface area contributed by atoms with Crippen molar-refractivity contribution in [2.75, 3.05) is 49.5 Å². The highest BCUT2D eigenvalue weighted by Gasteiger charge is 2.21. The quantitative estimate of drug-likeness (QED) is 0.866. The van der Waals surface area contributed by atoms with Crippen LogP contribution in [-0.4, -0.2) is 50.1 Å². The average Bonchev–Trinajstić information content (AvgIpc) is 2.65. The van der Waals surface area contributed by atoms with Crippen LogP contribution in [-0.2, 0) is 4.79 Å². The van der Waals surface area contributed by atoms with Crippen LogP contribution in [0.2, 0.25) is 0 Å². The maximum absolute atomic E-state index is 12.3. The molecule has 0 aliphatic carbocycles. The monoisotopic (exact) mass is 353 g/mol. The van der Waals surface area contributed by atoms with Crippen LogP contribution in [0.5, 0.6) is 5.75 Å². The highest BCUT2D eigenvalue weighted by molar-refractivity contribution is 5.92. The van der Waals surface area contributed by atoms with Crippen LogP contribution in [0.25, 0.3) is 0 Å². The zero-order chi connectivity index (χ0) is 18.4. The third-order valence-electron chi connectivity index (χ3n) is 4.66. The molecule has 1 fully saturated rings. The Hall–Kier alpha value is -2.53. The summed E-state index contributed by atoms with van der Waals surface area (Å²) in [5, 5.41) is 3.01.